The fraction of sp³-hybridized carbons (Fsp3) is 0.355. The first-order valence-corrected chi connectivity index (χ1v) is 14.2. The number of halogens is 1. The van der Waals surface area contributed by atoms with Gasteiger partial charge >= 0.3 is 0 Å². The molecule has 220 valence electrons. The summed E-state index contributed by atoms with van der Waals surface area (Å²) in [5.74, 6) is -0.0899. The zero-order valence-corrected chi connectivity index (χ0v) is 23.8. The summed E-state index contributed by atoms with van der Waals surface area (Å²) in [6, 6.07) is 19.6. The third-order valence-corrected chi connectivity index (χ3v) is 7.92. The first-order chi connectivity index (χ1) is 20.4. The van der Waals surface area contributed by atoms with Crippen LogP contribution in [0.2, 0.25) is 5.02 Å². The van der Waals surface area contributed by atoms with E-state index in [0.29, 0.717) is 41.9 Å². The van der Waals surface area contributed by atoms with Crippen molar-refractivity contribution in [2.24, 2.45) is 0 Å². The number of aliphatic hydroxyl groups is 2. The second kappa shape index (κ2) is 12.4. The van der Waals surface area contributed by atoms with E-state index < -0.39 is 6.10 Å². The number of H-pyrrole nitrogens is 1. The van der Waals surface area contributed by atoms with Gasteiger partial charge in [-0.15, -0.1) is 0 Å². The lowest BCUT2D eigenvalue weighted by Crippen LogP contribution is -2.34. The Kier molecular flexibility index (Phi) is 8.43. The van der Waals surface area contributed by atoms with Crippen LogP contribution < -0.4 is 4.74 Å². The predicted octanol–water partition coefficient (Wildman–Crippen LogP) is 3.54. The van der Waals surface area contributed by atoms with Crippen LogP contribution in [0.5, 0.6) is 6.01 Å². The van der Waals surface area contributed by atoms with Crippen molar-refractivity contribution >= 4 is 28.5 Å². The van der Waals surface area contributed by atoms with E-state index in [1.54, 1.807) is 11.9 Å². The number of likely N-dealkylation sites (N-methyl/N-ethyl adjacent to an activating group) is 1. The van der Waals surface area contributed by atoms with Crippen molar-refractivity contribution in [3.63, 3.8) is 0 Å². The molecule has 2 aliphatic rings. The largest absolute Gasteiger partial charge is 0.456 e. The Morgan fingerprint density at radius 1 is 1.02 bits per heavy atom. The summed E-state index contributed by atoms with van der Waals surface area (Å²) < 4.78 is 22.6. The van der Waals surface area contributed by atoms with E-state index in [2.05, 4.69) is 9.97 Å². The number of nitrogens with zero attached hydrogens (tertiary/aromatic N) is 2. The van der Waals surface area contributed by atoms with Crippen molar-refractivity contribution in [3.8, 4) is 28.3 Å². The molecule has 2 aliphatic heterocycles. The quantitative estimate of drug-likeness (QED) is 0.238. The maximum Gasteiger partial charge on any atom is 0.295 e. The third kappa shape index (κ3) is 5.87. The van der Waals surface area contributed by atoms with Crippen LogP contribution in [-0.2, 0) is 14.2 Å². The van der Waals surface area contributed by atoms with Gasteiger partial charge in [0.25, 0.3) is 11.9 Å². The maximum atomic E-state index is 12.7. The average molecular weight is 594 g/mol. The number of ether oxygens (including phenoxy) is 4. The number of amides is 1. The first kappa shape index (κ1) is 28.6. The van der Waals surface area contributed by atoms with E-state index in [1.807, 2.05) is 60.7 Å². The Labute approximate surface area is 247 Å². The molecule has 0 unspecified atom stereocenters. The summed E-state index contributed by atoms with van der Waals surface area (Å²) in [5, 5.41) is 19.3. The second-order valence-electron chi connectivity index (χ2n) is 10.4. The standard InChI is InChI=1S/C31H32ClN3O7/c1-35(10-12-39-13-11-36)30(38)21-8-4-19(5-9-21)18-2-6-20(7-3-18)22-14-24-25(15-23(22)32)34-31(33-24)42-27-17-41-28-26(37)16-40-29(27)28/h2-9,14-15,26-29,36-37H,10-13,16-17H2,1H3,(H,33,34)/t26-,27-,28-,29-/m1/s1. The lowest BCUT2D eigenvalue weighted by atomic mass is 9.99. The molecule has 2 saturated heterocycles. The van der Waals surface area contributed by atoms with Crippen molar-refractivity contribution in [3.05, 3.63) is 71.2 Å². The van der Waals surface area contributed by atoms with Gasteiger partial charge in [-0.25, -0.2) is 0 Å². The number of rotatable bonds is 10. The van der Waals surface area contributed by atoms with Gasteiger partial charge in [0.2, 0.25) is 0 Å². The van der Waals surface area contributed by atoms with Crippen molar-refractivity contribution in [2.75, 3.05) is 46.6 Å². The van der Waals surface area contributed by atoms with Crippen molar-refractivity contribution in [1.29, 1.82) is 0 Å². The molecular formula is C31H32ClN3O7. The van der Waals surface area contributed by atoms with Gasteiger partial charge < -0.3 is 39.0 Å². The minimum absolute atomic E-state index is 0.0374. The highest BCUT2D eigenvalue weighted by Crippen LogP contribution is 2.35. The highest BCUT2D eigenvalue weighted by atomic mass is 35.5. The lowest BCUT2D eigenvalue weighted by molar-refractivity contribution is 0.00706. The number of hydrogen-bond acceptors (Lipinski definition) is 8. The number of aromatic amines is 1. The van der Waals surface area contributed by atoms with Gasteiger partial charge in [-0.3, -0.25) is 4.79 Å². The number of nitrogens with one attached hydrogen (secondary N) is 1. The molecule has 11 heteroatoms. The number of hydrogen-bond donors (Lipinski definition) is 3. The molecule has 3 aromatic carbocycles. The minimum atomic E-state index is -0.642. The van der Waals surface area contributed by atoms with Crippen LogP contribution in [0.1, 0.15) is 10.4 Å². The van der Waals surface area contributed by atoms with E-state index in [4.69, 9.17) is 35.7 Å². The number of benzene rings is 3. The molecule has 0 saturated carbocycles. The molecule has 3 heterocycles. The van der Waals surface area contributed by atoms with Crippen LogP contribution in [0, 0.1) is 0 Å². The number of carbonyl (C=O) groups excluding carboxylic acids is 1. The molecule has 0 radical (unpaired) electrons. The van der Waals surface area contributed by atoms with Gasteiger partial charge in [0.15, 0.2) is 6.10 Å². The summed E-state index contributed by atoms with van der Waals surface area (Å²) in [4.78, 5) is 22.1. The van der Waals surface area contributed by atoms with Gasteiger partial charge in [-0.2, -0.15) is 4.98 Å². The molecule has 0 bridgehead atoms. The fourth-order valence-electron chi connectivity index (χ4n) is 5.31. The topological polar surface area (TPSA) is 126 Å². The molecule has 4 atom stereocenters. The van der Waals surface area contributed by atoms with Gasteiger partial charge in [0.1, 0.15) is 18.3 Å². The summed E-state index contributed by atoms with van der Waals surface area (Å²) in [7, 11) is 1.73. The Hall–Kier alpha value is -3.51. The van der Waals surface area contributed by atoms with Gasteiger partial charge in [0.05, 0.1) is 49.1 Å². The van der Waals surface area contributed by atoms with Gasteiger partial charge in [0, 0.05) is 24.7 Å². The molecule has 0 spiro atoms. The van der Waals surface area contributed by atoms with Crippen LogP contribution >= 0.6 is 11.6 Å². The number of fused-ring (bicyclic) bond motifs is 2. The van der Waals surface area contributed by atoms with Crippen molar-refractivity contribution in [2.45, 2.75) is 24.4 Å². The van der Waals surface area contributed by atoms with E-state index in [1.165, 1.54) is 0 Å². The normalized spacial score (nSPS) is 21.5. The number of aliphatic hydroxyl groups excluding tert-OH is 2. The van der Waals surface area contributed by atoms with E-state index >= 15 is 0 Å². The molecule has 2 fully saturated rings. The molecule has 0 aliphatic carbocycles. The highest BCUT2D eigenvalue weighted by molar-refractivity contribution is 6.34. The van der Waals surface area contributed by atoms with Gasteiger partial charge in [-0.05, 0) is 41.0 Å². The van der Waals surface area contributed by atoms with Crippen LogP contribution in [0.3, 0.4) is 0 Å². The Balaban J connectivity index is 1.13. The van der Waals surface area contributed by atoms with E-state index in [0.717, 1.165) is 27.8 Å². The van der Waals surface area contributed by atoms with E-state index in [9.17, 15) is 9.90 Å². The van der Waals surface area contributed by atoms with E-state index in [-0.39, 0.29) is 44.0 Å². The SMILES string of the molecule is CN(CCOCCO)C(=O)c1ccc(-c2ccc(-c3cc4nc(O[C@@H]5CO[C@H]6[C@@H]5OC[C@H]6O)[nH]c4cc3Cl)cc2)cc1. The summed E-state index contributed by atoms with van der Waals surface area (Å²) >= 11 is 6.67. The average Bonchev–Trinajstić information content (AvgIpc) is 3.71. The van der Waals surface area contributed by atoms with Crippen LogP contribution in [-0.4, -0.2) is 102 Å². The van der Waals surface area contributed by atoms with Crippen LogP contribution in [0.25, 0.3) is 33.3 Å². The number of imidazole rings is 1. The molecule has 42 heavy (non-hydrogen) atoms. The summed E-state index contributed by atoms with van der Waals surface area (Å²) in [6.45, 7) is 1.59. The number of carbonyl (C=O) groups is 1. The monoisotopic (exact) mass is 593 g/mol. The minimum Gasteiger partial charge on any atom is -0.456 e. The summed E-state index contributed by atoms with van der Waals surface area (Å²) in [5.41, 5.74) is 5.82. The molecular weight excluding hydrogens is 562 g/mol. The first-order valence-electron chi connectivity index (χ1n) is 13.8. The van der Waals surface area contributed by atoms with Crippen LogP contribution in [0.15, 0.2) is 60.7 Å². The zero-order chi connectivity index (χ0) is 29.2. The molecule has 6 rings (SSSR count). The molecule has 10 nitrogen and oxygen atoms in total. The molecule has 1 aromatic heterocycles. The fourth-order valence-corrected chi connectivity index (χ4v) is 5.58. The highest BCUT2D eigenvalue weighted by Gasteiger charge is 2.48. The Morgan fingerprint density at radius 3 is 2.45 bits per heavy atom. The smallest absolute Gasteiger partial charge is 0.295 e. The number of aromatic nitrogens is 2. The Bertz CT molecular complexity index is 1540. The van der Waals surface area contributed by atoms with Crippen LogP contribution in [0.4, 0.5) is 0 Å². The zero-order valence-electron chi connectivity index (χ0n) is 23.0. The third-order valence-electron chi connectivity index (χ3n) is 7.61. The lowest BCUT2D eigenvalue weighted by Gasteiger charge is -2.17. The Morgan fingerprint density at radius 2 is 1.71 bits per heavy atom. The molecule has 3 N–H and O–H groups in total. The second-order valence-corrected chi connectivity index (χ2v) is 10.8. The van der Waals surface area contributed by atoms with Crippen molar-refractivity contribution in [1.82, 2.24) is 14.9 Å². The molecule has 4 aromatic rings. The van der Waals surface area contributed by atoms with Crippen molar-refractivity contribution < 1.29 is 34.0 Å². The summed E-state index contributed by atoms with van der Waals surface area (Å²) in [6.07, 6.45) is -1.71. The maximum absolute atomic E-state index is 12.7. The molecule has 1 amide bonds. The predicted molar refractivity (Wildman–Crippen MR) is 157 cm³/mol. The van der Waals surface area contributed by atoms with Gasteiger partial charge in [-0.1, -0.05) is 48.0 Å².